The molecule has 0 N–H and O–H groups in total. The van der Waals surface area contributed by atoms with Crippen LogP contribution in [0.25, 0.3) is 16.0 Å². The molecule has 0 aliphatic rings. The molecule has 0 aromatic heterocycles. The summed E-state index contributed by atoms with van der Waals surface area (Å²) >= 11 is 0. The molecule has 0 amide bonds. The van der Waals surface area contributed by atoms with Crippen LogP contribution in [0.5, 0.6) is 0 Å². The Morgan fingerprint density at radius 2 is 0.676 bits per heavy atom. The topological polar surface area (TPSA) is 42.3 Å². The van der Waals surface area contributed by atoms with Crippen molar-refractivity contribution in [3.8, 4) is 0 Å². The summed E-state index contributed by atoms with van der Waals surface area (Å²) in [6.07, 6.45) is 7.03. The van der Waals surface area contributed by atoms with Crippen LogP contribution < -0.4 is 5.19 Å². The van der Waals surface area contributed by atoms with Crippen LogP contribution in [0.1, 0.15) is 122 Å². The SMILES string of the molecule is CCC(C)[N-]C(C)CC.CCC(C)[N-]C(C)CC.CCC(C)[N-]C(C)CC.C[Si](C)(C)[c-]1cccc1.[Zr+4]. The average molecular weight is 613 g/mol. The zero-order valence-electron chi connectivity index (χ0n) is 27.9. The molecule has 6 atom stereocenters. The Hall–Kier alpha value is 0.330. The Labute approximate surface area is 256 Å². The van der Waals surface area contributed by atoms with E-state index in [0.717, 1.165) is 0 Å². The van der Waals surface area contributed by atoms with E-state index in [9.17, 15) is 0 Å². The number of nitrogens with zero attached hydrogens (tertiary/aromatic N) is 3. The summed E-state index contributed by atoms with van der Waals surface area (Å²) in [5, 5.41) is 15.1. The minimum absolute atomic E-state index is 0. The molecule has 1 rings (SSSR count). The van der Waals surface area contributed by atoms with Crippen LogP contribution in [0.4, 0.5) is 0 Å². The molecule has 0 aliphatic heterocycles. The summed E-state index contributed by atoms with van der Waals surface area (Å²) in [6, 6.07) is 12.0. The maximum absolute atomic E-state index is 4.51. The second-order valence-corrected chi connectivity index (χ2v) is 16.5. The largest absolute Gasteiger partial charge is 4.00 e. The van der Waals surface area contributed by atoms with Gasteiger partial charge < -0.3 is 16.0 Å². The molecule has 0 radical (unpaired) electrons. The van der Waals surface area contributed by atoms with Crippen LogP contribution in [-0.4, -0.2) is 44.3 Å². The summed E-state index contributed by atoms with van der Waals surface area (Å²) in [7, 11) is -0.981. The summed E-state index contributed by atoms with van der Waals surface area (Å²) < 4.78 is 0. The fourth-order valence-corrected chi connectivity index (χ4v) is 4.00. The number of hydrogen-bond donors (Lipinski definition) is 0. The van der Waals surface area contributed by atoms with Gasteiger partial charge in [-0.3, -0.25) is 0 Å². The smallest absolute Gasteiger partial charge is 0.657 e. The van der Waals surface area contributed by atoms with Crippen LogP contribution in [0.2, 0.25) is 19.6 Å². The van der Waals surface area contributed by atoms with Crippen LogP contribution in [0.15, 0.2) is 24.3 Å². The normalized spacial score (nSPS) is 15.5. The Kier molecular flexibility index (Phi) is 33.4. The van der Waals surface area contributed by atoms with Gasteiger partial charge in [0, 0.05) is 8.07 Å². The van der Waals surface area contributed by atoms with E-state index < -0.39 is 8.07 Å². The summed E-state index contributed by atoms with van der Waals surface area (Å²) in [4.78, 5) is 0. The van der Waals surface area contributed by atoms with E-state index in [-0.39, 0.29) is 26.2 Å². The monoisotopic (exact) mass is 611 g/mol. The first-order chi connectivity index (χ1) is 16.7. The number of rotatable bonds is 13. The van der Waals surface area contributed by atoms with E-state index in [2.05, 4.69) is 143 Å². The molecule has 3 nitrogen and oxygen atoms in total. The zero-order valence-corrected chi connectivity index (χ0v) is 31.3. The van der Waals surface area contributed by atoms with E-state index in [0.29, 0.717) is 36.3 Å². The van der Waals surface area contributed by atoms with Crippen molar-refractivity contribution in [1.82, 2.24) is 0 Å². The van der Waals surface area contributed by atoms with Gasteiger partial charge in [0.05, 0.1) is 0 Å². The molecule has 0 spiro atoms. The number of hydrogen-bond acceptors (Lipinski definition) is 0. The van der Waals surface area contributed by atoms with Crippen molar-refractivity contribution < 1.29 is 26.2 Å². The van der Waals surface area contributed by atoms with E-state index in [1.54, 1.807) is 5.19 Å². The molecule has 0 saturated carbocycles. The first-order valence-corrected chi connectivity index (χ1v) is 18.5. The van der Waals surface area contributed by atoms with Crippen molar-refractivity contribution in [2.45, 2.75) is 178 Å². The van der Waals surface area contributed by atoms with Crippen molar-refractivity contribution in [1.29, 1.82) is 0 Å². The van der Waals surface area contributed by atoms with Crippen molar-refractivity contribution in [2.24, 2.45) is 0 Å². The third kappa shape index (κ3) is 30.7. The van der Waals surface area contributed by atoms with Gasteiger partial charge in [-0.1, -0.05) is 141 Å². The van der Waals surface area contributed by atoms with Crippen LogP contribution in [0, 0.1) is 0 Å². The van der Waals surface area contributed by atoms with Gasteiger partial charge >= 0.3 is 26.2 Å². The molecule has 1 aromatic rings. The Balaban J connectivity index is -0.000000194. The van der Waals surface area contributed by atoms with Gasteiger partial charge in [0.1, 0.15) is 0 Å². The summed E-state index contributed by atoms with van der Waals surface area (Å²) in [5.74, 6) is 0. The van der Waals surface area contributed by atoms with Gasteiger partial charge in [-0.2, -0.15) is 17.3 Å². The molecule has 1 aromatic carbocycles. The predicted octanol–water partition coefficient (Wildman–Crippen LogP) is 10.8. The quantitative estimate of drug-likeness (QED) is 0.157. The standard InChI is InChI=1S/3C8H18N.C8H13Si.Zr/c3*1-5-7(3)9-8(4)6-2;1-9(2,3)8-6-4-5-7-8;/h3*7-8H,5-6H2,1-4H3;4-7H,1-3H3;/q4*-1;+4. The Bertz CT molecular complexity index is 478. The zero-order chi connectivity index (χ0) is 28.7. The van der Waals surface area contributed by atoms with Crippen molar-refractivity contribution in [3.05, 3.63) is 40.2 Å². The van der Waals surface area contributed by atoms with Gasteiger partial charge in [-0.25, -0.2) is 12.1 Å². The summed E-state index contributed by atoms with van der Waals surface area (Å²) in [5.41, 5.74) is 0. The average Bonchev–Trinajstić information content (AvgIpc) is 3.40. The molecule has 37 heavy (non-hydrogen) atoms. The second-order valence-electron chi connectivity index (χ2n) is 11.4. The molecule has 6 unspecified atom stereocenters. The van der Waals surface area contributed by atoms with Crippen molar-refractivity contribution >= 4 is 13.3 Å². The first-order valence-electron chi connectivity index (χ1n) is 15.0. The van der Waals surface area contributed by atoms with E-state index >= 15 is 0 Å². The van der Waals surface area contributed by atoms with E-state index in [1.807, 2.05) is 0 Å². The minimum Gasteiger partial charge on any atom is -0.657 e. The van der Waals surface area contributed by atoms with Gasteiger partial charge in [0.2, 0.25) is 0 Å². The van der Waals surface area contributed by atoms with Crippen LogP contribution in [-0.2, 0) is 26.2 Å². The Morgan fingerprint density at radius 1 is 0.486 bits per heavy atom. The van der Waals surface area contributed by atoms with Crippen LogP contribution >= 0.6 is 0 Å². The molecule has 0 bridgehead atoms. The maximum Gasteiger partial charge on any atom is 4.00 e. The molecule has 218 valence electrons. The third-order valence-corrected chi connectivity index (χ3v) is 8.67. The van der Waals surface area contributed by atoms with Crippen LogP contribution in [0.3, 0.4) is 0 Å². The first kappa shape index (κ1) is 44.4. The molecular weight excluding hydrogens is 546 g/mol. The van der Waals surface area contributed by atoms with E-state index in [1.165, 1.54) is 38.5 Å². The van der Waals surface area contributed by atoms with Gasteiger partial charge in [0.25, 0.3) is 0 Å². The van der Waals surface area contributed by atoms with Gasteiger partial charge in [0.15, 0.2) is 0 Å². The Morgan fingerprint density at radius 3 is 0.784 bits per heavy atom. The molecule has 0 fully saturated rings. The molecule has 0 saturated heterocycles. The summed E-state index contributed by atoms with van der Waals surface area (Å²) in [6.45, 7) is 33.2. The predicted molar refractivity (Wildman–Crippen MR) is 174 cm³/mol. The maximum atomic E-state index is 4.51. The second kappa shape index (κ2) is 27.9. The van der Waals surface area contributed by atoms with Crippen molar-refractivity contribution in [2.75, 3.05) is 0 Å². The minimum atomic E-state index is -0.981. The molecular formula is C32H67N3SiZr. The van der Waals surface area contributed by atoms with E-state index in [4.69, 9.17) is 0 Å². The fraction of sp³-hybridized carbons (Fsp3) is 0.844. The fourth-order valence-electron chi connectivity index (χ4n) is 2.81. The molecule has 0 heterocycles. The van der Waals surface area contributed by atoms with Gasteiger partial charge in [-0.15, -0.1) is 36.3 Å². The molecule has 5 heteroatoms. The van der Waals surface area contributed by atoms with Crippen molar-refractivity contribution in [3.63, 3.8) is 0 Å². The molecule has 0 aliphatic carbocycles. The van der Waals surface area contributed by atoms with Gasteiger partial charge in [-0.05, 0) is 0 Å². The third-order valence-electron chi connectivity index (χ3n) is 6.60.